The van der Waals surface area contributed by atoms with Gasteiger partial charge in [0.25, 0.3) is 0 Å². The van der Waals surface area contributed by atoms with E-state index in [0.29, 0.717) is 6.42 Å². The number of thiophene rings is 1. The van der Waals surface area contributed by atoms with E-state index in [0.717, 1.165) is 6.42 Å². The molecular weight excluding hydrogens is 284 g/mol. The molecule has 0 bridgehead atoms. The van der Waals surface area contributed by atoms with E-state index < -0.39 is 0 Å². The van der Waals surface area contributed by atoms with Crippen molar-refractivity contribution < 1.29 is 4.79 Å². The molecule has 1 aromatic heterocycles. The Morgan fingerprint density at radius 2 is 2.25 bits per heavy atom. The summed E-state index contributed by atoms with van der Waals surface area (Å²) in [5, 5.41) is 3.36. The highest BCUT2D eigenvalue weighted by atomic mass is 79.9. The zero-order valence-corrected chi connectivity index (χ0v) is 11.5. The molecule has 1 heterocycles. The normalized spacial score (nSPS) is 12.9. The van der Waals surface area contributed by atoms with Crippen molar-refractivity contribution in [3.63, 3.8) is 0 Å². The van der Waals surface area contributed by atoms with Gasteiger partial charge in [-0.1, -0.05) is 35.0 Å². The van der Waals surface area contributed by atoms with E-state index in [-0.39, 0.29) is 10.6 Å². The number of Topliss-reactive ketones (excluding diaryl/α,β-unsaturated/α-hetero) is 1. The maximum absolute atomic E-state index is 11.5. The zero-order chi connectivity index (χ0) is 11.5. The van der Waals surface area contributed by atoms with Crippen molar-refractivity contribution in [1.29, 1.82) is 0 Å². The fourth-order valence-electron chi connectivity index (χ4n) is 1.69. The second kappa shape index (κ2) is 5.11. The summed E-state index contributed by atoms with van der Waals surface area (Å²) in [4.78, 5) is 11.4. The van der Waals surface area contributed by atoms with Gasteiger partial charge in [0.1, 0.15) is 5.78 Å². The van der Waals surface area contributed by atoms with Gasteiger partial charge in [0.05, 0.1) is 4.83 Å². The topological polar surface area (TPSA) is 17.1 Å². The van der Waals surface area contributed by atoms with E-state index in [1.54, 1.807) is 11.3 Å². The number of ketones is 1. The van der Waals surface area contributed by atoms with Crippen molar-refractivity contribution in [2.75, 3.05) is 0 Å². The molecule has 1 nitrogen and oxygen atoms in total. The smallest absolute Gasteiger partial charge is 0.146 e. The standard InChI is InChI=1S/C13H13BrOS/c1-2-12(15)11(14)8-9-3-4-13-10(7-9)5-6-16-13/h3-7,11H,2,8H2,1H3. The van der Waals surface area contributed by atoms with Crippen molar-refractivity contribution in [2.45, 2.75) is 24.6 Å². The van der Waals surface area contributed by atoms with Crippen LogP contribution in [0.25, 0.3) is 10.1 Å². The first-order valence-electron chi connectivity index (χ1n) is 5.33. The second-order valence-electron chi connectivity index (χ2n) is 3.78. The molecule has 0 aliphatic rings. The van der Waals surface area contributed by atoms with Crippen LogP contribution in [0, 0.1) is 0 Å². The third-order valence-corrected chi connectivity index (χ3v) is 4.36. The molecule has 0 spiro atoms. The van der Waals surface area contributed by atoms with Gasteiger partial charge < -0.3 is 0 Å². The summed E-state index contributed by atoms with van der Waals surface area (Å²) < 4.78 is 1.30. The van der Waals surface area contributed by atoms with E-state index >= 15 is 0 Å². The first-order valence-corrected chi connectivity index (χ1v) is 7.13. The van der Waals surface area contributed by atoms with E-state index in [1.807, 2.05) is 6.92 Å². The average molecular weight is 297 g/mol. The number of fused-ring (bicyclic) bond motifs is 1. The van der Waals surface area contributed by atoms with E-state index in [9.17, 15) is 4.79 Å². The van der Waals surface area contributed by atoms with Crippen LogP contribution in [0.15, 0.2) is 29.6 Å². The summed E-state index contributed by atoms with van der Waals surface area (Å²) in [7, 11) is 0. The van der Waals surface area contributed by atoms with Gasteiger partial charge in [-0.2, -0.15) is 0 Å². The zero-order valence-electron chi connectivity index (χ0n) is 9.07. The number of hydrogen-bond donors (Lipinski definition) is 0. The first-order chi connectivity index (χ1) is 7.70. The number of rotatable bonds is 4. The van der Waals surface area contributed by atoms with Crippen LogP contribution in [0.2, 0.25) is 0 Å². The Morgan fingerprint density at radius 3 is 3.00 bits per heavy atom. The number of halogens is 1. The Labute approximate surface area is 108 Å². The summed E-state index contributed by atoms with van der Waals surface area (Å²) >= 11 is 5.20. The highest BCUT2D eigenvalue weighted by Crippen LogP contribution is 2.23. The van der Waals surface area contributed by atoms with E-state index in [4.69, 9.17) is 0 Å². The third-order valence-electron chi connectivity index (χ3n) is 2.63. The number of carbonyl (C=O) groups excluding carboxylic acids is 1. The average Bonchev–Trinajstić information content (AvgIpc) is 2.75. The Kier molecular flexibility index (Phi) is 3.77. The third kappa shape index (κ3) is 2.53. The Hall–Kier alpha value is -0.670. The van der Waals surface area contributed by atoms with Crippen molar-refractivity contribution in [3.05, 3.63) is 35.2 Å². The number of hydrogen-bond acceptors (Lipinski definition) is 2. The van der Waals surface area contributed by atoms with Crippen molar-refractivity contribution in [2.24, 2.45) is 0 Å². The lowest BCUT2D eigenvalue weighted by molar-refractivity contribution is -0.118. The van der Waals surface area contributed by atoms with Gasteiger partial charge in [-0.15, -0.1) is 11.3 Å². The molecule has 0 saturated heterocycles. The first kappa shape index (κ1) is 11.8. The highest BCUT2D eigenvalue weighted by molar-refractivity contribution is 9.10. The Morgan fingerprint density at radius 1 is 1.44 bits per heavy atom. The molecular formula is C13H13BrOS. The molecule has 0 saturated carbocycles. The molecule has 0 radical (unpaired) electrons. The van der Waals surface area contributed by atoms with Crippen LogP contribution in [-0.2, 0) is 11.2 Å². The van der Waals surface area contributed by atoms with Gasteiger partial charge in [0, 0.05) is 11.1 Å². The van der Waals surface area contributed by atoms with Gasteiger partial charge >= 0.3 is 0 Å². The monoisotopic (exact) mass is 296 g/mol. The lowest BCUT2D eigenvalue weighted by atomic mass is 10.1. The minimum atomic E-state index is -0.0476. The lowest BCUT2D eigenvalue weighted by Crippen LogP contribution is -2.15. The molecule has 1 unspecified atom stereocenters. The van der Waals surface area contributed by atoms with Crippen molar-refractivity contribution in [3.8, 4) is 0 Å². The highest BCUT2D eigenvalue weighted by Gasteiger charge is 2.13. The maximum atomic E-state index is 11.5. The molecule has 84 valence electrons. The van der Waals surface area contributed by atoms with Crippen LogP contribution in [0.1, 0.15) is 18.9 Å². The molecule has 3 heteroatoms. The lowest BCUT2D eigenvalue weighted by Gasteiger charge is -2.07. The number of alkyl halides is 1. The predicted molar refractivity (Wildman–Crippen MR) is 73.5 cm³/mol. The Bertz CT molecular complexity index is 503. The van der Waals surface area contributed by atoms with Gasteiger partial charge in [0.2, 0.25) is 0 Å². The molecule has 2 rings (SSSR count). The summed E-state index contributed by atoms with van der Waals surface area (Å²) in [6.07, 6.45) is 1.37. The van der Waals surface area contributed by atoms with Gasteiger partial charge in [-0.3, -0.25) is 4.79 Å². The second-order valence-corrected chi connectivity index (χ2v) is 5.84. The largest absolute Gasteiger partial charge is 0.298 e. The van der Waals surface area contributed by atoms with Gasteiger partial charge in [-0.25, -0.2) is 0 Å². The molecule has 1 atom stereocenters. The molecule has 2 aromatic rings. The van der Waals surface area contributed by atoms with Crippen LogP contribution in [0.3, 0.4) is 0 Å². The quantitative estimate of drug-likeness (QED) is 0.773. The van der Waals surface area contributed by atoms with Crippen molar-refractivity contribution in [1.82, 2.24) is 0 Å². The fourth-order valence-corrected chi connectivity index (χ4v) is 3.15. The number of carbonyl (C=O) groups is 1. The Balaban J connectivity index is 2.17. The minimum Gasteiger partial charge on any atom is -0.298 e. The predicted octanol–water partition coefficient (Wildman–Crippen LogP) is 4.19. The molecule has 0 N–H and O–H groups in total. The molecule has 1 aromatic carbocycles. The van der Waals surface area contributed by atoms with Gasteiger partial charge in [-0.05, 0) is 34.9 Å². The fraction of sp³-hybridized carbons (Fsp3) is 0.308. The summed E-state index contributed by atoms with van der Waals surface area (Å²) in [5.41, 5.74) is 1.22. The summed E-state index contributed by atoms with van der Waals surface area (Å²) in [6, 6.07) is 8.53. The van der Waals surface area contributed by atoms with Crippen LogP contribution in [0.4, 0.5) is 0 Å². The van der Waals surface area contributed by atoms with Crippen LogP contribution >= 0.6 is 27.3 Å². The molecule has 0 amide bonds. The molecule has 0 aliphatic heterocycles. The molecule has 16 heavy (non-hydrogen) atoms. The number of benzene rings is 1. The van der Waals surface area contributed by atoms with E-state index in [1.165, 1.54) is 15.6 Å². The van der Waals surface area contributed by atoms with Gasteiger partial charge in [0.15, 0.2) is 0 Å². The minimum absolute atomic E-state index is 0.0476. The summed E-state index contributed by atoms with van der Waals surface area (Å²) in [6.45, 7) is 1.90. The maximum Gasteiger partial charge on any atom is 0.146 e. The van der Waals surface area contributed by atoms with Crippen LogP contribution in [-0.4, -0.2) is 10.6 Å². The van der Waals surface area contributed by atoms with Crippen molar-refractivity contribution >= 4 is 43.1 Å². The van der Waals surface area contributed by atoms with Crippen LogP contribution in [0.5, 0.6) is 0 Å². The van der Waals surface area contributed by atoms with Crippen LogP contribution < -0.4 is 0 Å². The van der Waals surface area contributed by atoms with E-state index in [2.05, 4.69) is 45.6 Å². The SMILES string of the molecule is CCC(=O)C(Br)Cc1ccc2sccc2c1. The molecule has 0 aliphatic carbocycles. The molecule has 0 fully saturated rings. The summed E-state index contributed by atoms with van der Waals surface area (Å²) in [5.74, 6) is 0.269.